The number of halogens is 1. The maximum absolute atomic E-state index is 14.6. The van der Waals surface area contributed by atoms with Gasteiger partial charge in [-0.2, -0.15) is 10.2 Å². The number of likely N-dealkylation sites (N-methyl/N-ethyl adjacent to an activating group) is 1. The number of aromatic nitrogens is 2. The monoisotopic (exact) mass is 616 g/mol. The number of nitrogens with one attached hydrogen (secondary N) is 1. The van der Waals surface area contributed by atoms with Crippen LogP contribution in [0.3, 0.4) is 0 Å². The first-order valence-corrected chi connectivity index (χ1v) is 15.7. The van der Waals surface area contributed by atoms with Gasteiger partial charge in [-0.3, -0.25) is 14.2 Å². The first-order valence-electron chi connectivity index (χ1n) is 14.2. The standard InChI is InChI=1S/C33H33FN4O5S/c1-4-6-11-29-37-32(40)31(33(41)38(29)28(5-2)23-12-13-24(20-35)27(34)18-23)44(42,43)25-16-14-21(15-17-25)26-10-8-7-9-22(26)19-30(39)36-3/h7-10,12-18,28,40H,4-6,11,19H2,1-3H3,(H,36,39)/t28-/m0/s1. The van der Waals surface area contributed by atoms with E-state index in [-0.39, 0.29) is 41.5 Å². The van der Waals surface area contributed by atoms with E-state index in [4.69, 9.17) is 5.26 Å². The number of carbonyl (C=O) groups excluding carboxylic acids is 1. The number of rotatable bonds is 11. The SMILES string of the molecule is CCCCc1nc(O)c(S(=O)(=O)c2ccc(-c3ccccc3CC(=O)NC)cc2)c(=O)n1[C@@H](CC)c1ccc(C#N)c(F)c1. The lowest BCUT2D eigenvalue weighted by atomic mass is 9.97. The van der Waals surface area contributed by atoms with Gasteiger partial charge in [-0.1, -0.05) is 62.7 Å². The van der Waals surface area contributed by atoms with Gasteiger partial charge in [0, 0.05) is 13.5 Å². The van der Waals surface area contributed by atoms with Crippen molar-refractivity contribution in [2.45, 2.75) is 61.8 Å². The number of benzene rings is 3. The zero-order valence-electron chi connectivity index (χ0n) is 24.7. The van der Waals surface area contributed by atoms with Gasteiger partial charge < -0.3 is 10.4 Å². The van der Waals surface area contributed by atoms with Gasteiger partial charge in [-0.15, -0.1) is 0 Å². The number of aromatic hydroxyl groups is 1. The quantitative estimate of drug-likeness (QED) is 0.239. The number of carbonyl (C=O) groups is 1. The largest absolute Gasteiger partial charge is 0.492 e. The van der Waals surface area contributed by atoms with E-state index in [1.54, 1.807) is 38.2 Å². The number of hydrogen-bond donors (Lipinski definition) is 2. The predicted molar refractivity (Wildman–Crippen MR) is 163 cm³/mol. The van der Waals surface area contributed by atoms with Crippen molar-refractivity contribution >= 4 is 15.7 Å². The summed E-state index contributed by atoms with van der Waals surface area (Å²) in [7, 11) is -3.02. The van der Waals surface area contributed by atoms with Gasteiger partial charge in [0.1, 0.15) is 17.7 Å². The Morgan fingerprint density at radius 1 is 1.11 bits per heavy atom. The molecular weight excluding hydrogens is 583 g/mol. The van der Waals surface area contributed by atoms with Gasteiger partial charge in [0.25, 0.3) is 5.56 Å². The van der Waals surface area contributed by atoms with Gasteiger partial charge in [-0.25, -0.2) is 12.8 Å². The third-order valence-corrected chi connectivity index (χ3v) is 9.26. The summed E-state index contributed by atoms with van der Waals surface area (Å²) in [4.78, 5) is 29.1. The fourth-order valence-corrected chi connectivity index (χ4v) is 6.51. The average molecular weight is 617 g/mol. The van der Waals surface area contributed by atoms with Gasteiger partial charge in [0.2, 0.25) is 21.6 Å². The summed E-state index contributed by atoms with van der Waals surface area (Å²) in [6.45, 7) is 3.70. The maximum atomic E-state index is 14.6. The van der Waals surface area contributed by atoms with Crippen LogP contribution in [0, 0.1) is 17.1 Å². The first kappa shape index (κ1) is 32.1. The van der Waals surface area contributed by atoms with Gasteiger partial charge in [0.05, 0.1) is 22.9 Å². The molecule has 0 unspecified atom stereocenters. The van der Waals surface area contributed by atoms with Crippen molar-refractivity contribution in [3.8, 4) is 23.1 Å². The molecule has 11 heteroatoms. The molecule has 1 atom stereocenters. The number of sulfone groups is 1. The Hall–Kier alpha value is -4.82. The average Bonchev–Trinajstić information content (AvgIpc) is 3.01. The van der Waals surface area contributed by atoms with Crippen molar-refractivity contribution in [1.29, 1.82) is 5.26 Å². The Morgan fingerprint density at radius 2 is 1.82 bits per heavy atom. The van der Waals surface area contributed by atoms with Crippen LogP contribution in [0.5, 0.6) is 5.88 Å². The molecule has 1 aromatic heterocycles. The molecule has 1 heterocycles. The summed E-state index contributed by atoms with van der Waals surface area (Å²) >= 11 is 0. The minimum Gasteiger partial charge on any atom is -0.492 e. The molecule has 0 aliphatic carbocycles. The second-order valence-electron chi connectivity index (χ2n) is 10.3. The molecule has 9 nitrogen and oxygen atoms in total. The van der Waals surface area contributed by atoms with E-state index >= 15 is 0 Å². The van der Waals surface area contributed by atoms with Crippen LogP contribution in [-0.4, -0.2) is 36.0 Å². The zero-order chi connectivity index (χ0) is 32.0. The summed E-state index contributed by atoms with van der Waals surface area (Å²) in [5, 5.41) is 22.6. The molecule has 4 aromatic rings. The van der Waals surface area contributed by atoms with E-state index in [2.05, 4.69) is 10.3 Å². The van der Waals surface area contributed by atoms with Crippen LogP contribution < -0.4 is 10.9 Å². The van der Waals surface area contributed by atoms with E-state index in [0.717, 1.165) is 23.6 Å². The third-order valence-electron chi connectivity index (χ3n) is 7.47. The molecule has 3 aromatic carbocycles. The Kier molecular flexibility index (Phi) is 9.96. The van der Waals surface area contributed by atoms with Crippen LogP contribution in [0.4, 0.5) is 4.39 Å². The van der Waals surface area contributed by atoms with E-state index < -0.39 is 38.0 Å². The molecule has 0 fully saturated rings. The van der Waals surface area contributed by atoms with Crippen LogP contribution in [0.15, 0.2) is 81.3 Å². The van der Waals surface area contributed by atoms with Gasteiger partial charge in [0.15, 0.2) is 4.90 Å². The molecule has 2 N–H and O–H groups in total. The van der Waals surface area contributed by atoms with Crippen molar-refractivity contribution in [2.75, 3.05) is 7.05 Å². The van der Waals surface area contributed by atoms with Crippen molar-refractivity contribution in [3.63, 3.8) is 0 Å². The van der Waals surface area contributed by atoms with Crippen LogP contribution in [0.25, 0.3) is 11.1 Å². The zero-order valence-corrected chi connectivity index (χ0v) is 25.5. The summed E-state index contributed by atoms with van der Waals surface area (Å²) in [5.41, 5.74) is 1.38. The summed E-state index contributed by atoms with van der Waals surface area (Å²) in [6, 6.07) is 18.0. The molecule has 1 amide bonds. The normalized spacial score (nSPS) is 12.0. The number of aryl methyl sites for hydroxylation is 1. The summed E-state index contributed by atoms with van der Waals surface area (Å²) in [5.74, 6) is -1.67. The highest BCUT2D eigenvalue weighted by atomic mass is 32.2. The number of nitriles is 1. The molecule has 0 aliphatic rings. The molecule has 0 saturated heterocycles. The molecule has 0 radical (unpaired) electrons. The smallest absolute Gasteiger partial charge is 0.277 e. The molecule has 0 bridgehead atoms. The van der Waals surface area contributed by atoms with E-state index in [9.17, 15) is 27.5 Å². The Morgan fingerprint density at radius 3 is 2.43 bits per heavy atom. The molecule has 0 saturated carbocycles. The van der Waals surface area contributed by atoms with Crippen molar-refractivity contribution in [1.82, 2.24) is 14.9 Å². The number of amides is 1. The number of nitrogens with zero attached hydrogens (tertiary/aromatic N) is 3. The minimum absolute atomic E-state index is 0.137. The second kappa shape index (κ2) is 13.7. The topological polar surface area (TPSA) is 142 Å². The molecule has 228 valence electrons. The van der Waals surface area contributed by atoms with Crippen LogP contribution in [0.1, 0.15) is 61.7 Å². The third kappa shape index (κ3) is 6.40. The van der Waals surface area contributed by atoms with Crippen LogP contribution >= 0.6 is 0 Å². The highest BCUT2D eigenvalue weighted by molar-refractivity contribution is 7.91. The minimum atomic E-state index is -4.56. The lowest BCUT2D eigenvalue weighted by Gasteiger charge is -2.23. The second-order valence-corrected chi connectivity index (χ2v) is 12.2. The molecule has 4 rings (SSSR count). The first-order chi connectivity index (χ1) is 21.1. The maximum Gasteiger partial charge on any atom is 0.277 e. The highest BCUT2D eigenvalue weighted by Gasteiger charge is 2.32. The number of hydrogen-bond acceptors (Lipinski definition) is 7. The molecule has 44 heavy (non-hydrogen) atoms. The van der Waals surface area contributed by atoms with E-state index in [1.807, 2.05) is 25.1 Å². The van der Waals surface area contributed by atoms with E-state index in [1.165, 1.54) is 28.8 Å². The number of unbranched alkanes of at least 4 members (excludes halogenated alkanes) is 1. The fourth-order valence-electron chi connectivity index (χ4n) is 5.16. The Balaban J connectivity index is 1.84. The predicted octanol–water partition coefficient (Wildman–Crippen LogP) is 5.09. The molecular formula is C33H33FN4O5S. The molecule has 0 aliphatic heterocycles. The van der Waals surface area contributed by atoms with E-state index in [0.29, 0.717) is 17.5 Å². The Bertz CT molecular complexity index is 1900. The van der Waals surface area contributed by atoms with Crippen molar-refractivity contribution < 1.29 is 22.7 Å². The van der Waals surface area contributed by atoms with Crippen LogP contribution in [0.2, 0.25) is 0 Å². The van der Waals surface area contributed by atoms with Crippen molar-refractivity contribution in [3.05, 3.63) is 105 Å². The summed E-state index contributed by atoms with van der Waals surface area (Å²) < 4.78 is 43.6. The molecule has 0 spiro atoms. The fraction of sp³-hybridized carbons (Fsp3) is 0.273. The van der Waals surface area contributed by atoms with Crippen LogP contribution in [-0.2, 0) is 27.5 Å². The van der Waals surface area contributed by atoms with Gasteiger partial charge >= 0.3 is 0 Å². The lowest BCUT2D eigenvalue weighted by Crippen LogP contribution is -2.33. The Labute approximate surface area is 255 Å². The van der Waals surface area contributed by atoms with Crippen molar-refractivity contribution in [2.24, 2.45) is 0 Å². The highest BCUT2D eigenvalue weighted by Crippen LogP contribution is 2.31. The van der Waals surface area contributed by atoms with Gasteiger partial charge in [-0.05, 0) is 59.4 Å². The summed E-state index contributed by atoms with van der Waals surface area (Å²) in [6.07, 6.45) is 2.05. The lowest BCUT2D eigenvalue weighted by molar-refractivity contribution is -0.119.